The standard InChI is InChI=1S/C18H17N5O3/c1-13-7-8-15(9-17(13)23(25)26)18(24)21-16(10-22-12-19-11-20-22)14-5-3-2-4-6-14/h2-9,11-12,16H,10H2,1H3,(H,21,24)/t16-/m1/s1. The van der Waals surface area contributed by atoms with E-state index < -0.39 is 4.92 Å². The molecule has 1 amide bonds. The van der Waals surface area contributed by atoms with Crippen molar-refractivity contribution in [3.8, 4) is 0 Å². The fourth-order valence-corrected chi connectivity index (χ4v) is 2.62. The van der Waals surface area contributed by atoms with Gasteiger partial charge in [-0.1, -0.05) is 36.4 Å². The summed E-state index contributed by atoms with van der Waals surface area (Å²) >= 11 is 0. The number of amides is 1. The van der Waals surface area contributed by atoms with Crippen LogP contribution >= 0.6 is 0 Å². The van der Waals surface area contributed by atoms with Crippen molar-refractivity contribution in [1.82, 2.24) is 20.1 Å². The third kappa shape index (κ3) is 3.92. The van der Waals surface area contributed by atoms with E-state index in [9.17, 15) is 14.9 Å². The first-order valence-corrected chi connectivity index (χ1v) is 7.98. The molecule has 0 aliphatic rings. The zero-order chi connectivity index (χ0) is 18.5. The molecule has 3 rings (SSSR count). The first-order valence-electron chi connectivity index (χ1n) is 7.98. The summed E-state index contributed by atoms with van der Waals surface area (Å²) in [6, 6.07) is 13.5. The van der Waals surface area contributed by atoms with Crippen molar-refractivity contribution in [2.75, 3.05) is 0 Å². The molecule has 1 N–H and O–H groups in total. The topological polar surface area (TPSA) is 103 Å². The van der Waals surface area contributed by atoms with E-state index in [1.807, 2.05) is 30.3 Å². The summed E-state index contributed by atoms with van der Waals surface area (Å²) in [5, 5.41) is 18.1. The minimum Gasteiger partial charge on any atom is -0.343 e. The summed E-state index contributed by atoms with van der Waals surface area (Å²) in [6.07, 6.45) is 2.99. The number of nitro benzene ring substituents is 1. The molecule has 2 aromatic carbocycles. The molecule has 0 saturated carbocycles. The Balaban J connectivity index is 1.85. The fraction of sp³-hybridized carbons (Fsp3) is 0.167. The van der Waals surface area contributed by atoms with Gasteiger partial charge in [-0.3, -0.25) is 19.6 Å². The van der Waals surface area contributed by atoms with Gasteiger partial charge in [0.25, 0.3) is 11.6 Å². The third-order valence-corrected chi connectivity index (χ3v) is 4.01. The smallest absolute Gasteiger partial charge is 0.273 e. The lowest BCUT2D eigenvalue weighted by molar-refractivity contribution is -0.385. The molecule has 0 spiro atoms. The molecule has 0 unspecified atom stereocenters. The van der Waals surface area contributed by atoms with Crippen LogP contribution in [-0.4, -0.2) is 25.6 Å². The molecule has 0 saturated heterocycles. The second-order valence-electron chi connectivity index (χ2n) is 5.81. The highest BCUT2D eigenvalue weighted by atomic mass is 16.6. The fourth-order valence-electron chi connectivity index (χ4n) is 2.62. The molecule has 26 heavy (non-hydrogen) atoms. The minimum atomic E-state index is -0.490. The van der Waals surface area contributed by atoms with Gasteiger partial charge in [-0.15, -0.1) is 0 Å². The van der Waals surface area contributed by atoms with Crippen LogP contribution in [0.2, 0.25) is 0 Å². The third-order valence-electron chi connectivity index (χ3n) is 4.01. The number of nitrogens with zero attached hydrogens (tertiary/aromatic N) is 4. The first kappa shape index (κ1) is 17.3. The number of nitrogens with one attached hydrogen (secondary N) is 1. The zero-order valence-corrected chi connectivity index (χ0v) is 14.1. The molecule has 1 aromatic heterocycles. The second kappa shape index (κ2) is 7.56. The van der Waals surface area contributed by atoms with Crippen molar-refractivity contribution in [2.45, 2.75) is 19.5 Å². The predicted octanol–water partition coefficient (Wildman–Crippen LogP) is 2.67. The molecule has 0 bridgehead atoms. The van der Waals surface area contributed by atoms with E-state index in [-0.39, 0.29) is 23.2 Å². The molecule has 0 aliphatic heterocycles. The number of carbonyl (C=O) groups is 1. The summed E-state index contributed by atoms with van der Waals surface area (Å²) in [5.41, 5.74) is 1.57. The molecule has 132 valence electrons. The summed E-state index contributed by atoms with van der Waals surface area (Å²) in [4.78, 5) is 27.2. The Hall–Kier alpha value is -3.55. The molecule has 8 nitrogen and oxygen atoms in total. The van der Waals surface area contributed by atoms with Crippen molar-refractivity contribution < 1.29 is 9.72 Å². The van der Waals surface area contributed by atoms with E-state index in [0.29, 0.717) is 12.1 Å². The molecule has 0 fully saturated rings. The maximum absolute atomic E-state index is 12.7. The molecular formula is C18H17N5O3. The van der Waals surface area contributed by atoms with Crippen LogP contribution in [0.15, 0.2) is 61.2 Å². The molecular weight excluding hydrogens is 334 g/mol. The van der Waals surface area contributed by atoms with Gasteiger partial charge in [-0.2, -0.15) is 5.10 Å². The summed E-state index contributed by atoms with van der Waals surface area (Å²) in [6.45, 7) is 2.03. The molecule has 0 aliphatic carbocycles. The van der Waals surface area contributed by atoms with Crippen LogP contribution < -0.4 is 5.32 Å². The Labute approximate surface area is 149 Å². The van der Waals surface area contributed by atoms with Crippen LogP contribution in [-0.2, 0) is 6.54 Å². The highest BCUT2D eigenvalue weighted by Gasteiger charge is 2.19. The van der Waals surface area contributed by atoms with Crippen LogP contribution in [0.25, 0.3) is 0 Å². The number of hydrogen-bond donors (Lipinski definition) is 1. The number of rotatable bonds is 6. The van der Waals surface area contributed by atoms with Gasteiger partial charge < -0.3 is 5.32 Å². The average molecular weight is 351 g/mol. The van der Waals surface area contributed by atoms with Crippen LogP contribution in [0, 0.1) is 17.0 Å². The van der Waals surface area contributed by atoms with Gasteiger partial charge in [0.1, 0.15) is 12.7 Å². The summed E-state index contributed by atoms with van der Waals surface area (Å²) in [7, 11) is 0. The molecule has 0 radical (unpaired) electrons. The number of aryl methyl sites for hydroxylation is 1. The van der Waals surface area contributed by atoms with Gasteiger partial charge >= 0.3 is 0 Å². The van der Waals surface area contributed by atoms with E-state index in [4.69, 9.17) is 0 Å². The lowest BCUT2D eigenvalue weighted by Crippen LogP contribution is -2.31. The van der Waals surface area contributed by atoms with Gasteiger partial charge in [-0.25, -0.2) is 4.98 Å². The second-order valence-corrected chi connectivity index (χ2v) is 5.81. The maximum Gasteiger partial charge on any atom is 0.273 e. The lowest BCUT2D eigenvalue weighted by Gasteiger charge is -2.19. The van der Waals surface area contributed by atoms with Crippen LogP contribution in [0.4, 0.5) is 5.69 Å². The molecule has 1 heterocycles. The highest BCUT2D eigenvalue weighted by molar-refractivity contribution is 5.95. The minimum absolute atomic E-state index is 0.0785. The van der Waals surface area contributed by atoms with E-state index in [1.165, 1.54) is 12.4 Å². The van der Waals surface area contributed by atoms with Crippen LogP contribution in [0.3, 0.4) is 0 Å². The Morgan fingerprint density at radius 2 is 2.04 bits per heavy atom. The van der Waals surface area contributed by atoms with Crippen LogP contribution in [0.5, 0.6) is 0 Å². The number of carbonyl (C=O) groups excluding carboxylic acids is 1. The Kier molecular flexibility index (Phi) is 5.02. The van der Waals surface area contributed by atoms with Gasteiger partial charge in [0.05, 0.1) is 17.5 Å². The van der Waals surface area contributed by atoms with E-state index >= 15 is 0 Å². The lowest BCUT2D eigenvalue weighted by atomic mass is 10.1. The Morgan fingerprint density at radius 3 is 2.69 bits per heavy atom. The Bertz CT molecular complexity index is 910. The van der Waals surface area contributed by atoms with Gasteiger partial charge in [0, 0.05) is 17.2 Å². The van der Waals surface area contributed by atoms with Crippen molar-refractivity contribution in [1.29, 1.82) is 0 Å². The van der Waals surface area contributed by atoms with Crippen molar-refractivity contribution >= 4 is 11.6 Å². The predicted molar refractivity (Wildman–Crippen MR) is 94.5 cm³/mol. The Morgan fingerprint density at radius 1 is 1.27 bits per heavy atom. The van der Waals surface area contributed by atoms with E-state index in [1.54, 1.807) is 30.1 Å². The van der Waals surface area contributed by atoms with Crippen molar-refractivity contribution in [3.63, 3.8) is 0 Å². The quantitative estimate of drug-likeness (QED) is 0.543. The van der Waals surface area contributed by atoms with E-state index in [2.05, 4.69) is 15.4 Å². The van der Waals surface area contributed by atoms with E-state index in [0.717, 1.165) is 5.56 Å². The highest BCUT2D eigenvalue weighted by Crippen LogP contribution is 2.21. The van der Waals surface area contributed by atoms with Crippen molar-refractivity contribution in [2.24, 2.45) is 0 Å². The number of aromatic nitrogens is 3. The first-order chi connectivity index (χ1) is 12.5. The van der Waals surface area contributed by atoms with Gasteiger partial charge in [-0.05, 0) is 18.6 Å². The number of hydrogen-bond acceptors (Lipinski definition) is 5. The SMILES string of the molecule is Cc1ccc(C(=O)N[C@H](Cn2cncn2)c2ccccc2)cc1[N+](=O)[O-]. The summed E-state index contributed by atoms with van der Waals surface area (Å²) in [5.74, 6) is -0.387. The maximum atomic E-state index is 12.7. The number of nitro groups is 1. The zero-order valence-electron chi connectivity index (χ0n) is 14.1. The number of benzene rings is 2. The normalized spacial score (nSPS) is 11.7. The largest absolute Gasteiger partial charge is 0.343 e. The summed E-state index contributed by atoms with van der Waals surface area (Å²) < 4.78 is 1.62. The van der Waals surface area contributed by atoms with Crippen molar-refractivity contribution in [3.05, 3.63) is 88.0 Å². The average Bonchev–Trinajstić information content (AvgIpc) is 3.15. The van der Waals surface area contributed by atoms with Crippen LogP contribution in [0.1, 0.15) is 27.5 Å². The van der Waals surface area contributed by atoms with Gasteiger partial charge in [0.2, 0.25) is 0 Å². The monoisotopic (exact) mass is 351 g/mol. The van der Waals surface area contributed by atoms with Gasteiger partial charge in [0.15, 0.2) is 0 Å². The molecule has 3 aromatic rings. The molecule has 1 atom stereocenters. The molecule has 8 heteroatoms.